The van der Waals surface area contributed by atoms with Crippen LogP contribution in [0.15, 0.2) is 131 Å². The summed E-state index contributed by atoms with van der Waals surface area (Å²) in [7, 11) is -7.08. The highest BCUT2D eigenvalue weighted by Crippen LogP contribution is 2.41. The Morgan fingerprint density at radius 2 is 1.53 bits per heavy atom. The first-order valence-electron chi connectivity index (χ1n) is 19.7. The topological polar surface area (TPSA) is 119 Å². The Hall–Kier alpha value is -4.91. The quantitative estimate of drug-likeness (QED) is 0.0765. The largest absolute Gasteiger partial charge is 0.501 e. The van der Waals surface area contributed by atoms with E-state index in [1.807, 2.05) is 67.5 Å². The zero-order chi connectivity index (χ0) is 44.2. The standard InChI is InChI=1S/C44H45ClF3N7O4S3/c1-52(2)21-20-40(32-8-4-3-5-9-32)55(30-60)41-19-17-36(27-42(41)61(56,57)44(46,47)48)62(58,59)51-43-38-18-16-35(26-39(38)49-29-50-43)54-24-22-53(23-25-54)28-33-10-6-7-11-37(33)31-12-14-34(45)15-13-31/h3-19,26-27,29,40,60H,20-25,28,30H2,1-2H3,(H,49,50,51)/t40-/m1/s1. The van der Waals surface area contributed by atoms with E-state index < -0.39 is 41.2 Å². The number of anilines is 3. The summed E-state index contributed by atoms with van der Waals surface area (Å²) in [6, 6.07) is 32.5. The van der Waals surface area contributed by atoms with Gasteiger partial charge in [0.2, 0.25) is 0 Å². The van der Waals surface area contributed by atoms with E-state index in [1.165, 1.54) is 16.8 Å². The lowest BCUT2D eigenvalue weighted by Crippen LogP contribution is -2.46. The van der Waals surface area contributed by atoms with Gasteiger partial charge in [0.1, 0.15) is 11.2 Å². The van der Waals surface area contributed by atoms with Crippen LogP contribution in [0.4, 0.5) is 30.4 Å². The Morgan fingerprint density at radius 1 is 0.839 bits per heavy atom. The molecule has 1 aliphatic rings. The molecule has 1 aliphatic heterocycles. The normalized spacial score (nSPS) is 14.6. The average Bonchev–Trinajstić information content (AvgIpc) is 3.25. The third-order valence-corrected chi connectivity index (χ3v) is 14.3. The highest BCUT2D eigenvalue weighted by Gasteiger charge is 2.49. The van der Waals surface area contributed by atoms with Crippen molar-refractivity contribution >= 4 is 72.2 Å². The number of hydrogen-bond acceptors (Lipinski definition) is 11. The van der Waals surface area contributed by atoms with Crippen molar-refractivity contribution < 1.29 is 30.0 Å². The molecule has 326 valence electrons. The SMILES string of the molecule is CN(C)CC[C@H](c1ccccc1)N(CS)c1ccc(S(=O)(=O)Nc2ncnc3cc(N4CCN(Cc5ccccc5-c5ccc(Cl)cc5)CC4)ccc23)cc1S(=O)(=O)C(F)(F)F. The van der Waals surface area contributed by atoms with Gasteiger partial charge in [0.05, 0.1) is 28.0 Å². The Bertz CT molecular complexity index is 2740. The van der Waals surface area contributed by atoms with Crippen LogP contribution in [0.1, 0.15) is 23.6 Å². The van der Waals surface area contributed by atoms with Gasteiger partial charge < -0.3 is 14.7 Å². The van der Waals surface area contributed by atoms with Crippen LogP contribution in [-0.4, -0.2) is 94.8 Å². The predicted molar refractivity (Wildman–Crippen MR) is 243 cm³/mol. The number of thiol groups is 1. The van der Waals surface area contributed by atoms with Gasteiger partial charge in [-0.3, -0.25) is 9.62 Å². The van der Waals surface area contributed by atoms with Crippen molar-refractivity contribution in [3.63, 3.8) is 0 Å². The summed E-state index contributed by atoms with van der Waals surface area (Å²) < 4.78 is 99.7. The first-order chi connectivity index (χ1) is 29.6. The van der Waals surface area contributed by atoms with E-state index >= 15 is 0 Å². The lowest BCUT2D eigenvalue weighted by atomic mass is 9.99. The van der Waals surface area contributed by atoms with Gasteiger partial charge in [0.15, 0.2) is 5.82 Å². The molecule has 18 heteroatoms. The molecule has 5 aromatic carbocycles. The molecule has 1 atom stereocenters. The summed E-state index contributed by atoms with van der Waals surface area (Å²) >= 11 is 10.6. The Balaban J connectivity index is 1.12. The van der Waals surface area contributed by atoms with Gasteiger partial charge in [0, 0.05) is 48.8 Å². The minimum Gasteiger partial charge on any atom is -0.369 e. The van der Waals surface area contributed by atoms with E-state index in [9.17, 15) is 30.0 Å². The van der Waals surface area contributed by atoms with Gasteiger partial charge >= 0.3 is 5.51 Å². The van der Waals surface area contributed by atoms with Crippen LogP contribution < -0.4 is 14.5 Å². The van der Waals surface area contributed by atoms with Gasteiger partial charge in [-0.2, -0.15) is 25.8 Å². The van der Waals surface area contributed by atoms with Crippen molar-refractivity contribution in [3.05, 3.63) is 138 Å². The first-order valence-corrected chi connectivity index (χ1v) is 23.6. The Kier molecular flexibility index (Phi) is 13.7. The molecule has 0 spiro atoms. The molecule has 1 saturated heterocycles. The molecule has 11 nitrogen and oxygen atoms in total. The molecule has 0 saturated carbocycles. The molecule has 2 heterocycles. The first kappa shape index (κ1) is 45.1. The zero-order valence-electron chi connectivity index (χ0n) is 33.9. The molecular weight excluding hydrogens is 879 g/mol. The van der Waals surface area contributed by atoms with Gasteiger partial charge in [0.25, 0.3) is 19.9 Å². The van der Waals surface area contributed by atoms with Crippen molar-refractivity contribution in [2.24, 2.45) is 0 Å². The summed E-state index contributed by atoms with van der Waals surface area (Å²) in [4.78, 5) is 14.6. The summed E-state index contributed by atoms with van der Waals surface area (Å²) in [6.45, 7) is 4.32. The fraction of sp³-hybridized carbons (Fsp3) is 0.273. The second kappa shape index (κ2) is 18.8. The molecule has 0 radical (unpaired) electrons. The van der Waals surface area contributed by atoms with E-state index in [4.69, 9.17) is 11.6 Å². The molecule has 1 N–H and O–H groups in total. The molecular formula is C44H45ClF3N7O4S3. The minimum atomic E-state index is -6.07. The number of fused-ring (bicyclic) bond motifs is 1. The number of sulfonamides is 1. The summed E-state index contributed by atoms with van der Waals surface area (Å²) in [5.74, 6) is -0.304. The molecule has 1 aromatic heterocycles. The molecule has 0 aliphatic carbocycles. The molecule has 62 heavy (non-hydrogen) atoms. The molecule has 0 unspecified atom stereocenters. The number of rotatable bonds is 15. The van der Waals surface area contributed by atoms with E-state index in [1.54, 1.807) is 36.4 Å². The van der Waals surface area contributed by atoms with Crippen molar-refractivity contribution in [1.82, 2.24) is 19.8 Å². The molecule has 1 fully saturated rings. The number of alkyl halides is 3. The molecule has 7 rings (SSSR count). The zero-order valence-corrected chi connectivity index (χ0v) is 37.2. The van der Waals surface area contributed by atoms with E-state index in [2.05, 4.69) is 49.3 Å². The maximum Gasteiger partial charge on any atom is 0.501 e. The van der Waals surface area contributed by atoms with E-state index in [0.29, 0.717) is 40.5 Å². The number of benzene rings is 5. The Labute approximate surface area is 370 Å². The monoisotopic (exact) mass is 923 g/mol. The van der Waals surface area contributed by atoms with Gasteiger partial charge in [-0.15, -0.1) is 0 Å². The van der Waals surface area contributed by atoms with Crippen LogP contribution in [-0.2, 0) is 26.4 Å². The van der Waals surface area contributed by atoms with Gasteiger partial charge in [-0.1, -0.05) is 78.3 Å². The van der Waals surface area contributed by atoms with Crippen LogP contribution in [0.2, 0.25) is 5.02 Å². The van der Waals surface area contributed by atoms with Crippen LogP contribution in [0, 0.1) is 0 Å². The number of aromatic nitrogens is 2. The summed E-state index contributed by atoms with van der Waals surface area (Å²) in [6.07, 6.45) is 1.58. The second-order valence-electron chi connectivity index (χ2n) is 15.2. The Morgan fingerprint density at radius 3 is 2.21 bits per heavy atom. The number of sulfone groups is 1. The van der Waals surface area contributed by atoms with Crippen LogP contribution in [0.5, 0.6) is 0 Å². The average molecular weight is 925 g/mol. The predicted octanol–water partition coefficient (Wildman–Crippen LogP) is 8.75. The van der Waals surface area contributed by atoms with Crippen LogP contribution in [0.3, 0.4) is 0 Å². The summed E-state index contributed by atoms with van der Waals surface area (Å²) in [5.41, 5.74) is -0.599. The van der Waals surface area contributed by atoms with Crippen molar-refractivity contribution in [2.45, 2.75) is 34.3 Å². The fourth-order valence-electron chi connectivity index (χ4n) is 7.62. The number of piperazine rings is 1. The van der Waals surface area contributed by atoms with Gasteiger partial charge in [-0.25, -0.2) is 26.8 Å². The highest BCUT2D eigenvalue weighted by molar-refractivity contribution is 7.93. The van der Waals surface area contributed by atoms with Crippen LogP contribution >= 0.6 is 24.2 Å². The summed E-state index contributed by atoms with van der Waals surface area (Å²) in [5, 5.41) is 1.02. The lowest BCUT2D eigenvalue weighted by Gasteiger charge is -2.36. The van der Waals surface area contributed by atoms with Crippen molar-refractivity contribution in [1.29, 1.82) is 0 Å². The maximum absolute atomic E-state index is 14.3. The van der Waals surface area contributed by atoms with Crippen molar-refractivity contribution in [2.75, 3.05) is 67.2 Å². The molecule has 0 amide bonds. The highest BCUT2D eigenvalue weighted by atomic mass is 35.5. The smallest absolute Gasteiger partial charge is 0.369 e. The van der Waals surface area contributed by atoms with Crippen molar-refractivity contribution in [3.8, 4) is 11.1 Å². The van der Waals surface area contributed by atoms with E-state index in [0.717, 1.165) is 61.7 Å². The number of halogens is 4. The fourth-order valence-corrected chi connectivity index (χ4v) is 10.2. The number of nitrogens with zero attached hydrogens (tertiary/aromatic N) is 6. The van der Waals surface area contributed by atoms with E-state index in [-0.39, 0.29) is 17.4 Å². The lowest BCUT2D eigenvalue weighted by molar-refractivity contribution is -0.0436. The number of nitrogens with one attached hydrogen (secondary N) is 1. The molecule has 6 aromatic rings. The third-order valence-electron chi connectivity index (χ3n) is 10.9. The molecule has 0 bridgehead atoms. The third kappa shape index (κ3) is 9.98. The second-order valence-corrected chi connectivity index (χ2v) is 19.5. The van der Waals surface area contributed by atoms with Crippen LogP contribution in [0.25, 0.3) is 22.0 Å². The van der Waals surface area contributed by atoms with Gasteiger partial charge in [-0.05, 0) is 97.8 Å². The number of hydrogen-bond donors (Lipinski definition) is 2. The minimum absolute atomic E-state index is 0.125. The maximum atomic E-state index is 14.3.